The number of aryl methyl sites for hydroxylation is 2. The Labute approximate surface area is 195 Å². The molecule has 162 valence electrons. The standard InChI is InChI=1S/C25H20ClN3.C3H8/c26-23-9-7-18(13-24(23)28)12-20-10-11-29-25-15-19(21(16-27)14-22(20)25)8-6-17-4-2-1-3-5-17;1-3-2/h1-5,7,9-11,13-15H,6,8,12,28H2;3H2,1-2H3. The zero-order chi connectivity index (χ0) is 22.9. The molecule has 0 saturated carbocycles. The van der Waals surface area contributed by atoms with E-state index in [9.17, 15) is 5.26 Å². The number of nitrogens with two attached hydrogens (primary N) is 1. The highest BCUT2D eigenvalue weighted by Gasteiger charge is 2.10. The molecule has 0 radical (unpaired) electrons. The van der Waals surface area contributed by atoms with Crippen molar-refractivity contribution in [1.82, 2.24) is 4.98 Å². The van der Waals surface area contributed by atoms with E-state index in [1.807, 2.05) is 54.7 Å². The Morgan fingerprint density at radius 1 is 0.906 bits per heavy atom. The number of aromatic nitrogens is 1. The Morgan fingerprint density at radius 2 is 1.66 bits per heavy atom. The maximum absolute atomic E-state index is 9.72. The van der Waals surface area contributed by atoms with E-state index in [0.29, 0.717) is 22.7 Å². The van der Waals surface area contributed by atoms with Gasteiger partial charge in [0, 0.05) is 11.6 Å². The number of halogens is 1. The third-order valence-corrected chi connectivity index (χ3v) is 5.50. The van der Waals surface area contributed by atoms with Crippen molar-refractivity contribution in [3.63, 3.8) is 0 Å². The lowest BCUT2D eigenvalue weighted by Gasteiger charge is -2.11. The van der Waals surface area contributed by atoms with E-state index in [2.05, 4.69) is 43.1 Å². The molecule has 0 bridgehead atoms. The Bertz CT molecular complexity index is 1230. The van der Waals surface area contributed by atoms with Crippen LogP contribution in [0.25, 0.3) is 10.9 Å². The summed E-state index contributed by atoms with van der Waals surface area (Å²) < 4.78 is 0. The van der Waals surface area contributed by atoms with E-state index in [4.69, 9.17) is 17.3 Å². The first-order valence-corrected chi connectivity index (χ1v) is 11.3. The lowest BCUT2D eigenvalue weighted by Crippen LogP contribution is -1.98. The zero-order valence-corrected chi connectivity index (χ0v) is 19.4. The van der Waals surface area contributed by atoms with Crippen LogP contribution in [-0.4, -0.2) is 4.98 Å². The van der Waals surface area contributed by atoms with E-state index < -0.39 is 0 Å². The lowest BCUT2D eigenvalue weighted by molar-refractivity contribution is 0.957. The molecule has 0 aliphatic heterocycles. The normalized spacial score (nSPS) is 10.3. The summed E-state index contributed by atoms with van der Waals surface area (Å²) in [5, 5.41) is 11.3. The molecule has 3 nitrogen and oxygen atoms in total. The number of nitriles is 1. The fourth-order valence-corrected chi connectivity index (χ4v) is 3.72. The first-order chi connectivity index (χ1) is 15.5. The third-order valence-electron chi connectivity index (χ3n) is 5.16. The number of rotatable bonds is 5. The van der Waals surface area contributed by atoms with Crippen molar-refractivity contribution >= 4 is 28.2 Å². The number of fused-ring (bicyclic) bond motifs is 1. The first-order valence-electron chi connectivity index (χ1n) is 10.9. The molecular weight excluding hydrogens is 414 g/mol. The van der Waals surface area contributed by atoms with Crippen molar-refractivity contribution in [2.24, 2.45) is 0 Å². The number of nitrogen functional groups attached to an aromatic ring is 1. The van der Waals surface area contributed by atoms with Crippen molar-refractivity contribution in [1.29, 1.82) is 5.26 Å². The van der Waals surface area contributed by atoms with E-state index in [1.165, 1.54) is 12.0 Å². The van der Waals surface area contributed by atoms with Gasteiger partial charge < -0.3 is 5.73 Å². The van der Waals surface area contributed by atoms with Gasteiger partial charge in [0.15, 0.2) is 0 Å². The van der Waals surface area contributed by atoms with E-state index in [-0.39, 0.29) is 0 Å². The minimum Gasteiger partial charge on any atom is -0.398 e. The molecule has 0 fully saturated rings. The van der Waals surface area contributed by atoms with Crippen LogP contribution in [0.2, 0.25) is 5.02 Å². The summed E-state index contributed by atoms with van der Waals surface area (Å²) in [4.78, 5) is 4.55. The van der Waals surface area contributed by atoms with Crippen molar-refractivity contribution < 1.29 is 0 Å². The van der Waals surface area contributed by atoms with Gasteiger partial charge in [0.1, 0.15) is 0 Å². The number of anilines is 1. The number of pyridine rings is 1. The van der Waals surface area contributed by atoms with E-state index in [1.54, 1.807) is 0 Å². The summed E-state index contributed by atoms with van der Waals surface area (Å²) in [6.07, 6.45) is 5.48. The van der Waals surface area contributed by atoms with E-state index >= 15 is 0 Å². The largest absolute Gasteiger partial charge is 0.398 e. The van der Waals surface area contributed by atoms with Gasteiger partial charge in [-0.25, -0.2) is 0 Å². The summed E-state index contributed by atoms with van der Waals surface area (Å²) in [5.41, 5.74) is 12.6. The van der Waals surface area contributed by atoms with Gasteiger partial charge in [0.25, 0.3) is 0 Å². The van der Waals surface area contributed by atoms with Gasteiger partial charge in [-0.2, -0.15) is 5.26 Å². The molecule has 1 aromatic heterocycles. The Morgan fingerprint density at radius 3 is 2.34 bits per heavy atom. The summed E-state index contributed by atoms with van der Waals surface area (Å²) in [5.74, 6) is 0. The molecule has 0 aliphatic carbocycles. The third kappa shape index (κ3) is 5.87. The van der Waals surface area contributed by atoms with E-state index in [0.717, 1.165) is 40.4 Å². The van der Waals surface area contributed by atoms with Crippen LogP contribution in [0.3, 0.4) is 0 Å². The van der Waals surface area contributed by atoms with Crippen LogP contribution >= 0.6 is 11.6 Å². The second-order valence-corrected chi connectivity index (χ2v) is 8.24. The molecular formula is C28H28ClN3. The lowest BCUT2D eigenvalue weighted by atomic mass is 9.95. The molecule has 2 N–H and O–H groups in total. The Hall–Kier alpha value is -3.35. The molecule has 4 rings (SSSR count). The van der Waals surface area contributed by atoms with Crippen LogP contribution in [-0.2, 0) is 19.3 Å². The van der Waals surface area contributed by atoms with Gasteiger partial charge in [-0.05, 0) is 71.8 Å². The second-order valence-electron chi connectivity index (χ2n) is 7.83. The van der Waals surface area contributed by atoms with Gasteiger partial charge in [-0.15, -0.1) is 0 Å². The SMILES string of the molecule is CCC.N#Cc1cc2c(Cc3ccc(Cl)c(N)c3)ccnc2cc1CCc1ccccc1. The highest BCUT2D eigenvalue weighted by molar-refractivity contribution is 6.33. The van der Waals surface area contributed by atoms with Crippen molar-refractivity contribution in [2.75, 3.05) is 5.73 Å². The fraction of sp³-hybridized carbons (Fsp3) is 0.214. The predicted octanol–water partition coefficient (Wildman–Crippen LogP) is 7.13. The minimum absolute atomic E-state index is 0.558. The summed E-state index contributed by atoms with van der Waals surface area (Å²) in [6, 6.07) is 24.4. The number of hydrogen-bond acceptors (Lipinski definition) is 3. The molecule has 0 aliphatic rings. The average Bonchev–Trinajstić information content (AvgIpc) is 2.81. The molecule has 0 atom stereocenters. The average molecular weight is 442 g/mol. The Kier molecular flexibility index (Phi) is 8.25. The number of nitrogens with zero attached hydrogens (tertiary/aromatic N) is 2. The van der Waals surface area contributed by atoms with Crippen molar-refractivity contribution in [2.45, 2.75) is 39.5 Å². The molecule has 4 heteroatoms. The van der Waals surface area contributed by atoms with Gasteiger partial charge in [-0.1, -0.05) is 68.3 Å². The highest BCUT2D eigenvalue weighted by Crippen LogP contribution is 2.26. The maximum Gasteiger partial charge on any atom is 0.0994 e. The molecule has 4 aromatic rings. The van der Waals surface area contributed by atoms with Crippen LogP contribution in [0.1, 0.15) is 48.1 Å². The molecule has 1 heterocycles. The fourth-order valence-electron chi connectivity index (χ4n) is 3.60. The van der Waals surface area contributed by atoms with Gasteiger partial charge in [-0.3, -0.25) is 4.98 Å². The summed E-state index contributed by atoms with van der Waals surface area (Å²) in [6.45, 7) is 4.25. The molecule has 3 aromatic carbocycles. The smallest absolute Gasteiger partial charge is 0.0994 e. The van der Waals surface area contributed by atoms with Crippen LogP contribution in [0.4, 0.5) is 5.69 Å². The number of benzene rings is 3. The van der Waals surface area contributed by atoms with Gasteiger partial charge in [0.2, 0.25) is 0 Å². The quantitative estimate of drug-likeness (QED) is 0.335. The summed E-state index contributed by atoms with van der Waals surface area (Å²) in [7, 11) is 0. The zero-order valence-electron chi connectivity index (χ0n) is 18.6. The predicted molar refractivity (Wildman–Crippen MR) is 135 cm³/mol. The second kappa shape index (κ2) is 11.3. The topological polar surface area (TPSA) is 62.7 Å². The monoisotopic (exact) mass is 441 g/mol. The summed E-state index contributed by atoms with van der Waals surface area (Å²) >= 11 is 6.04. The van der Waals surface area contributed by atoms with Crippen LogP contribution in [0.5, 0.6) is 0 Å². The number of hydrogen-bond donors (Lipinski definition) is 1. The minimum atomic E-state index is 0.558. The molecule has 0 unspecified atom stereocenters. The van der Waals surface area contributed by atoms with Gasteiger partial charge in [0.05, 0.1) is 27.9 Å². The van der Waals surface area contributed by atoms with Crippen LogP contribution in [0, 0.1) is 11.3 Å². The molecule has 32 heavy (non-hydrogen) atoms. The maximum atomic E-state index is 9.72. The van der Waals surface area contributed by atoms with Crippen molar-refractivity contribution in [3.05, 3.63) is 106 Å². The molecule has 0 saturated heterocycles. The molecule has 0 amide bonds. The van der Waals surface area contributed by atoms with Crippen LogP contribution < -0.4 is 5.73 Å². The van der Waals surface area contributed by atoms with Gasteiger partial charge >= 0.3 is 0 Å². The van der Waals surface area contributed by atoms with Crippen molar-refractivity contribution in [3.8, 4) is 6.07 Å². The molecule has 0 spiro atoms. The first kappa shape index (κ1) is 23.3. The highest BCUT2D eigenvalue weighted by atomic mass is 35.5. The Balaban J connectivity index is 0.000000913. The van der Waals surface area contributed by atoms with Crippen LogP contribution in [0.15, 0.2) is 72.9 Å².